The molecule has 0 bridgehead atoms. The zero-order valence-corrected chi connectivity index (χ0v) is 12.9. The Kier molecular flexibility index (Phi) is 5.43. The van der Waals surface area contributed by atoms with Crippen molar-refractivity contribution in [1.82, 2.24) is 15.3 Å². The molecule has 1 atom stereocenters. The summed E-state index contributed by atoms with van der Waals surface area (Å²) in [5.41, 5.74) is 0.955. The molecule has 7 heteroatoms. The van der Waals surface area contributed by atoms with Crippen molar-refractivity contribution in [2.75, 3.05) is 0 Å². The summed E-state index contributed by atoms with van der Waals surface area (Å²) in [7, 11) is 0. The van der Waals surface area contributed by atoms with E-state index in [-0.39, 0.29) is 6.23 Å². The van der Waals surface area contributed by atoms with Gasteiger partial charge in [0.25, 0.3) is 0 Å². The molecule has 0 radical (unpaired) electrons. The van der Waals surface area contributed by atoms with Crippen molar-refractivity contribution in [1.29, 1.82) is 0 Å². The maximum atomic E-state index is 6.05. The van der Waals surface area contributed by atoms with Gasteiger partial charge in [0.2, 0.25) is 0 Å². The lowest BCUT2D eigenvalue weighted by Gasteiger charge is -2.18. The zero-order valence-electron chi connectivity index (χ0n) is 10.6. The summed E-state index contributed by atoms with van der Waals surface area (Å²) >= 11 is 18.0. The molecule has 20 heavy (non-hydrogen) atoms. The van der Waals surface area contributed by atoms with Crippen LogP contribution in [0.15, 0.2) is 30.9 Å². The lowest BCUT2D eigenvalue weighted by molar-refractivity contribution is 0.181. The number of nitrogens with zero attached hydrogens (tertiary/aromatic N) is 2. The third-order valence-corrected chi connectivity index (χ3v) is 3.25. The van der Waals surface area contributed by atoms with Crippen molar-refractivity contribution in [2.45, 2.75) is 19.7 Å². The maximum Gasteiger partial charge on any atom is 0.158 e. The van der Waals surface area contributed by atoms with Crippen LogP contribution in [0.1, 0.15) is 12.5 Å². The Morgan fingerprint density at radius 2 is 1.75 bits per heavy atom. The first-order valence-corrected chi connectivity index (χ1v) is 6.98. The van der Waals surface area contributed by atoms with Gasteiger partial charge in [-0.3, -0.25) is 5.32 Å². The molecule has 0 aliphatic carbocycles. The van der Waals surface area contributed by atoms with Crippen LogP contribution < -0.4 is 10.1 Å². The molecule has 0 saturated carbocycles. The molecule has 2 rings (SSSR count). The predicted octanol–water partition coefficient (Wildman–Crippen LogP) is 3.95. The summed E-state index contributed by atoms with van der Waals surface area (Å²) in [6, 6.07) is 3.17. The van der Waals surface area contributed by atoms with Crippen LogP contribution in [0, 0.1) is 0 Å². The molecule has 1 N–H and O–H groups in total. The highest BCUT2D eigenvalue weighted by molar-refractivity contribution is 6.40. The van der Waals surface area contributed by atoms with E-state index in [2.05, 4.69) is 15.3 Å². The molecular weight excluding hydrogens is 321 g/mol. The van der Waals surface area contributed by atoms with Crippen LogP contribution in [0.3, 0.4) is 0 Å². The number of hydrogen-bond acceptors (Lipinski definition) is 4. The van der Waals surface area contributed by atoms with Gasteiger partial charge in [0, 0.05) is 29.5 Å². The van der Waals surface area contributed by atoms with Gasteiger partial charge >= 0.3 is 0 Å². The van der Waals surface area contributed by atoms with Gasteiger partial charge in [0.15, 0.2) is 5.75 Å². The van der Waals surface area contributed by atoms with Gasteiger partial charge in [-0.25, -0.2) is 9.97 Å². The van der Waals surface area contributed by atoms with Crippen LogP contribution in [0.2, 0.25) is 15.1 Å². The number of aromatic nitrogens is 2. The standard InChI is InChI=1S/C13H12Cl3N3O/c1-8(19-6-9-4-17-7-18-5-9)20-13-11(15)2-10(14)3-12(13)16/h2-5,7-8,19H,6H2,1H3. The molecule has 2 aromatic rings. The molecule has 0 aliphatic rings. The van der Waals surface area contributed by atoms with E-state index in [0.717, 1.165) is 5.56 Å². The van der Waals surface area contributed by atoms with Crippen molar-refractivity contribution in [3.05, 3.63) is 51.5 Å². The van der Waals surface area contributed by atoms with Gasteiger partial charge in [0.05, 0.1) is 10.0 Å². The van der Waals surface area contributed by atoms with Crippen LogP contribution in [0.4, 0.5) is 0 Å². The fourth-order valence-electron chi connectivity index (χ4n) is 1.54. The molecular formula is C13H12Cl3N3O. The summed E-state index contributed by atoms with van der Waals surface area (Å²) in [5, 5.41) is 4.38. The summed E-state index contributed by atoms with van der Waals surface area (Å²) in [4.78, 5) is 7.87. The van der Waals surface area contributed by atoms with Crippen LogP contribution in [0.5, 0.6) is 5.75 Å². The number of ether oxygens (including phenoxy) is 1. The minimum absolute atomic E-state index is 0.286. The number of benzene rings is 1. The normalized spacial score (nSPS) is 12.2. The van der Waals surface area contributed by atoms with E-state index in [9.17, 15) is 0 Å². The first kappa shape index (κ1) is 15.3. The minimum atomic E-state index is -0.286. The van der Waals surface area contributed by atoms with E-state index in [1.54, 1.807) is 24.5 Å². The van der Waals surface area contributed by atoms with Crippen LogP contribution in [-0.2, 0) is 6.54 Å². The van der Waals surface area contributed by atoms with Gasteiger partial charge in [0.1, 0.15) is 12.6 Å². The smallest absolute Gasteiger partial charge is 0.158 e. The first-order valence-electron chi connectivity index (χ1n) is 5.84. The molecule has 0 saturated heterocycles. The van der Waals surface area contributed by atoms with Crippen molar-refractivity contribution in [3.63, 3.8) is 0 Å². The Morgan fingerprint density at radius 1 is 1.15 bits per heavy atom. The van der Waals surface area contributed by atoms with Gasteiger partial charge in [-0.2, -0.15) is 0 Å². The van der Waals surface area contributed by atoms with Crippen molar-refractivity contribution in [3.8, 4) is 5.75 Å². The largest absolute Gasteiger partial charge is 0.473 e. The Bertz CT molecular complexity index is 557. The summed E-state index contributed by atoms with van der Waals surface area (Å²) in [5.74, 6) is 0.405. The Labute approximate surface area is 132 Å². The summed E-state index contributed by atoms with van der Waals surface area (Å²) in [6.07, 6.45) is 4.66. The molecule has 1 unspecified atom stereocenters. The second-order valence-corrected chi connectivity index (χ2v) is 5.34. The molecule has 0 aliphatic heterocycles. The quantitative estimate of drug-likeness (QED) is 0.842. The maximum absolute atomic E-state index is 6.05. The van der Waals surface area contributed by atoms with Crippen LogP contribution in [-0.4, -0.2) is 16.2 Å². The lowest BCUT2D eigenvalue weighted by atomic mass is 10.3. The fraction of sp³-hybridized carbons (Fsp3) is 0.231. The molecule has 1 aromatic heterocycles. The van der Waals surface area contributed by atoms with Gasteiger partial charge < -0.3 is 4.74 Å². The first-order chi connectivity index (χ1) is 9.56. The van der Waals surface area contributed by atoms with E-state index in [1.165, 1.54) is 6.33 Å². The number of hydrogen-bond donors (Lipinski definition) is 1. The predicted molar refractivity (Wildman–Crippen MR) is 80.4 cm³/mol. The fourth-order valence-corrected chi connectivity index (χ4v) is 2.45. The molecule has 1 aromatic carbocycles. The third kappa shape index (κ3) is 4.21. The van der Waals surface area contributed by atoms with E-state index >= 15 is 0 Å². The van der Waals surface area contributed by atoms with Crippen LogP contribution in [0.25, 0.3) is 0 Å². The Hall–Kier alpha value is -1.07. The van der Waals surface area contributed by atoms with Gasteiger partial charge in [-0.1, -0.05) is 34.8 Å². The van der Waals surface area contributed by atoms with E-state index in [1.807, 2.05) is 6.92 Å². The van der Waals surface area contributed by atoms with Gasteiger partial charge in [-0.15, -0.1) is 0 Å². The molecule has 0 fully saturated rings. The molecule has 0 spiro atoms. The van der Waals surface area contributed by atoms with Crippen molar-refractivity contribution >= 4 is 34.8 Å². The average Bonchev–Trinajstić information content (AvgIpc) is 2.42. The highest BCUT2D eigenvalue weighted by Crippen LogP contribution is 2.36. The van der Waals surface area contributed by atoms with E-state index < -0.39 is 0 Å². The average molecular weight is 333 g/mol. The van der Waals surface area contributed by atoms with Gasteiger partial charge in [-0.05, 0) is 19.1 Å². The van der Waals surface area contributed by atoms with Crippen molar-refractivity contribution < 1.29 is 4.74 Å². The highest BCUT2D eigenvalue weighted by Gasteiger charge is 2.12. The second-order valence-electron chi connectivity index (χ2n) is 4.09. The summed E-state index contributed by atoms with van der Waals surface area (Å²) in [6.45, 7) is 2.43. The SMILES string of the molecule is CC(NCc1cncnc1)Oc1c(Cl)cc(Cl)cc1Cl. The molecule has 1 heterocycles. The molecule has 0 amide bonds. The molecule has 4 nitrogen and oxygen atoms in total. The van der Waals surface area contributed by atoms with E-state index in [0.29, 0.717) is 27.4 Å². The number of halogens is 3. The number of rotatable bonds is 5. The number of nitrogens with one attached hydrogen (secondary N) is 1. The van der Waals surface area contributed by atoms with Crippen molar-refractivity contribution in [2.24, 2.45) is 0 Å². The second kappa shape index (κ2) is 7.09. The lowest BCUT2D eigenvalue weighted by Crippen LogP contribution is -2.31. The zero-order chi connectivity index (χ0) is 14.5. The summed E-state index contributed by atoms with van der Waals surface area (Å²) < 4.78 is 5.68. The monoisotopic (exact) mass is 331 g/mol. The molecule has 106 valence electrons. The Morgan fingerprint density at radius 3 is 2.35 bits per heavy atom. The topological polar surface area (TPSA) is 47.0 Å². The van der Waals surface area contributed by atoms with E-state index in [4.69, 9.17) is 39.5 Å². The van der Waals surface area contributed by atoms with Crippen LogP contribution >= 0.6 is 34.8 Å². The minimum Gasteiger partial charge on any atom is -0.473 e. The highest BCUT2D eigenvalue weighted by atomic mass is 35.5. The third-order valence-electron chi connectivity index (χ3n) is 2.47. The Balaban J connectivity index is 1.96.